The van der Waals surface area contributed by atoms with Crippen LogP contribution < -0.4 is 10.1 Å². The summed E-state index contributed by atoms with van der Waals surface area (Å²) in [5, 5.41) is 13.5. The van der Waals surface area contributed by atoms with Gasteiger partial charge < -0.3 is 14.6 Å². The zero-order valence-electron chi connectivity index (χ0n) is 16.4. The highest BCUT2D eigenvalue weighted by molar-refractivity contribution is 5.94. The Balaban J connectivity index is 1.72. The average molecular weight is 384 g/mol. The average Bonchev–Trinajstić information content (AvgIpc) is 3.14. The minimum Gasteiger partial charge on any atom is -0.495 e. The van der Waals surface area contributed by atoms with E-state index < -0.39 is 0 Å². The van der Waals surface area contributed by atoms with Gasteiger partial charge in [0, 0.05) is 41.3 Å². The second kappa shape index (κ2) is 7.60. The van der Waals surface area contributed by atoms with E-state index in [4.69, 9.17) is 4.74 Å². The van der Waals surface area contributed by atoms with Crippen molar-refractivity contribution >= 4 is 22.5 Å². The van der Waals surface area contributed by atoms with Gasteiger partial charge in [-0.2, -0.15) is 5.26 Å². The number of benzene rings is 1. The van der Waals surface area contributed by atoms with Crippen LogP contribution in [0.5, 0.6) is 5.75 Å². The number of anilines is 2. The first kappa shape index (κ1) is 18.4. The number of hydrogen-bond donors (Lipinski definition) is 1. The number of fused-ring (bicyclic) bond motifs is 1. The first-order valence-corrected chi connectivity index (χ1v) is 9.24. The zero-order valence-corrected chi connectivity index (χ0v) is 16.4. The Morgan fingerprint density at radius 1 is 1.17 bits per heavy atom. The van der Waals surface area contributed by atoms with Crippen molar-refractivity contribution in [2.45, 2.75) is 19.9 Å². The summed E-state index contributed by atoms with van der Waals surface area (Å²) in [4.78, 5) is 13.3. The van der Waals surface area contributed by atoms with Crippen molar-refractivity contribution in [3.05, 3.63) is 60.7 Å². The van der Waals surface area contributed by atoms with Crippen LogP contribution in [-0.2, 0) is 0 Å². The van der Waals surface area contributed by atoms with Crippen LogP contribution in [0.15, 0.2) is 55.1 Å². The molecule has 0 radical (unpaired) electrons. The van der Waals surface area contributed by atoms with Crippen molar-refractivity contribution in [2.75, 3.05) is 12.4 Å². The molecule has 0 saturated carbocycles. The molecule has 0 aliphatic heterocycles. The molecule has 0 saturated heterocycles. The Kier molecular flexibility index (Phi) is 4.83. The molecule has 144 valence electrons. The number of aromatic nitrogens is 4. The SMILES string of the molecule is COc1ccc(Nc2nccc(-c3cn(C(C)C)c4cnccc34)n2)cc1C#N. The lowest BCUT2D eigenvalue weighted by Crippen LogP contribution is -1.99. The Morgan fingerprint density at radius 3 is 2.79 bits per heavy atom. The molecule has 0 aliphatic carbocycles. The third kappa shape index (κ3) is 3.48. The summed E-state index contributed by atoms with van der Waals surface area (Å²) in [6, 6.07) is 11.6. The normalized spacial score (nSPS) is 10.9. The third-order valence-electron chi connectivity index (χ3n) is 4.70. The number of methoxy groups -OCH3 is 1. The molecule has 3 heterocycles. The van der Waals surface area contributed by atoms with E-state index in [2.05, 4.69) is 50.9 Å². The highest BCUT2D eigenvalue weighted by atomic mass is 16.5. The lowest BCUT2D eigenvalue weighted by Gasteiger charge is -2.09. The van der Waals surface area contributed by atoms with Crippen molar-refractivity contribution in [1.82, 2.24) is 19.5 Å². The molecule has 29 heavy (non-hydrogen) atoms. The topological polar surface area (TPSA) is 88.7 Å². The van der Waals surface area contributed by atoms with Crippen LogP contribution in [0, 0.1) is 11.3 Å². The largest absolute Gasteiger partial charge is 0.495 e. The van der Waals surface area contributed by atoms with Gasteiger partial charge in [0.25, 0.3) is 0 Å². The molecular weight excluding hydrogens is 364 g/mol. The van der Waals surface area contributed by atoms with Crippen LogP contribution in [0.4, 0.5) is 11.6 Å². The Bertz CT molecular complexity index is 1220. The van der Waals surface area contributed by atoms with Crippen molar-refractivity contribution in [3.8, 4) is 23.1 Å². The van der Waals surface area contributed by atoms with E-state index in [1.54, 1.807) is 31.6 Å². The van der Waals surface area contributed by atoms with Gasteiger partial charge in [0.05, 0.1) is 30.1 Å². The zero-order chi connectivity index (χ0) is 20.4. The number of pyridine rings is 1. The quantitative estimate of drug-likeness (QED) is 0.537. The minimum atomic E-state index is 0.304. The molecule has 4 rings (SSSR count). The Morgan fingerprint density at radius 2 is 2.03 bits per heavy atom. The van der Waals surface area contributed by atoms with Gasteiger partial charge in [-0.3, -0.25) is 4.98 Å². The number of hydrogen-bond acceptors (Lipinski definition) is 6. The van der Waals surface area contributed by atoms with Gasteiger partial charge in [-0.1, -0.05) is 0 Å². The second-order valence-corrected chi connectivity index (χ2v) is 6.85. The molecule has 0 amide bonds. The van der Waals surface area contributed by atoms with Crippen LogP contribution in [0.1, 0.15) is 25.5 Å². The van der Waals surface area contributed by atoms with Crippen molar-refractivity contribution < 1.29 is 4.74 Å². The van der Waals surface area contributed by atoms with Crippen molar-refractivity contribution in [2.24, 2.45) is 0 Å². The van der Waals surface area contributed by atoms with E-state index >= 15 is 0 Å². The maximum Gasteiger partial charge on any atom is 0.227 e. The standard InChI is InChI=1S/C22H20N6O/c1-14(2)28-13-18(17-6-8-24-12-20(17)28)19-7-9-25-22(27-19)26-16-4-5-21(29-3)15(10-16)11-23/h4-10,12-14H,1-3H3,(H,25,26,27). The smallest absolute Gasteiger partial charge is 0.227 e. The van der Waals surface area contributed by atoms with Crippen LogP contribution in [0.3, 0.4) is 0 Å². The fourth-order valence-electron chi connectivity index (χ4n) is 3.30. The first-order chi connectivity index (χ1) is 14.1. The summed E-state index contributed by atoms with van der Waals surface area (Å²) in [5.41, 5.74) is 4.06. The van der Waals surface area contributed by atoms with Gasteiger partial charge in [-0.05, 0) is 44.2 Å². The predicted octanol–water partition coefficient (Wildman–Crippen LogP) is 4.70. The summed E-state index contributed by atoms with van der Waals surface area (Å²) in [5.74, 6) is 0.985. The van der Waals surface area contributed by atoms with E-state index in [9.17, 15) is 5.26 Å². The molecule has 0 atom stereocenters. The van der Waals surface area contributed by atoms with Gasteiger partial charge in [0.15, 0.2) is 0 Å². The van der Waals surface area contributed by atoms with Crippen LogP contribution in [0.25, 0.3) is 22.2 Å². The van der Waals surface area contributed by atoms with Crippen molar-refractivity contribution in [3.63, 3.8) is 0 Å². The summed E-state index contributed by atoms with van der Waals surface area (Å²) < 4.78 is 7.38. The number of rotatable bonds is 5. The molecule has 0 spiro atoms. The predicted molar refractivity (Wildman–Crippen MR) is 112 cm³/mol. The maximum atomic E-state index is 9.28. The number of nitrogens with one attached hydrogen (secondary N) is 1. The lowest BCUT2D eigenvalue weighted by atomic mass is 10.1. The van der Waals surface area contributed by atoms with Crippen LogP contribution in [0.2, 0.25) is 0 Å². The molecule has 3 aromatic heterocycles. The maximum absolute atomic E-state index is 9.28. The summed E-state index contributed by atoms with van der Waals surface area (Å²) >= 11 is 0. The molecule has 0 fully saturated rings. The second-order valence-electron chi connectivity index (χ2n) is 6.85. The first-order valence-electron chi connectivity index (χ1n) is 9.24. The molecule has 1 aromatic carbocycles. The van der Waals surface area contributed by atoms with E-state index in [0.717, 1.165) is 22.2 Å². The van der Waals surface area contributed by atoms with Gasteiger partial charge in [0.1, 0.15) is 11.8 Å². The lowest BCUT2D eigenvalue weighted by molar-refractivity contribution is 0.413. The molecule has 0 unspecified atom stereocenters. The summed E-state index contributed by atoms with van der Waals surface area (Å²) in [6.07, 6.45) is 7.49. The molecule has 0 bridgehead atoms. The summed E-state index contributed by atoms with van der Waals surface area (Å²) in [6.45, 7) is 4.28. The van der Waals surface area contributed by atoms with E-state index in [-0.39, 0.29) is 0 Å². The Hall–Kier alpha value is -3.92. The van der Waals surface area contributed by atoms with E-state index in [0.29, 0.717) is 29.0 Å². The molecule has 0 aliphatic rings. The minimum absolute atomic E-state index is 0.304. The highest BCUT2D eigenvalue weighted by Gasteiger charge is 2.14. The van der Waals surface area contributed by atoms with Crippen LogP contribution in [-0.4, -0.2) is 26.6 Å². The molecule has 4 aromatic rings. The molecule has 7 nitrogen and oxygen atoms in total. The number of ether oxygens (including phenoxy) is 1. The van der Waals surface area contributed by atoms with E-state index in [1.165, 1.54) is 0 Å². The number of nitriles is 1. The highest BCUT2D eigenvalue weighted by Crippen LogP contribution is 2.31. The van der Waals surface area contributed by atoms with Gasteiger partial charge >= 0.3 is 0 Å². The molecule has 1 N–H and O–H groups in total. The van der Waals surface area contributed by atoms with E-state index in [1.807, 2.05) is 24.4 Å². The summed E-state index contributed by atoms with van der Waals surface area (Å²) in [7, 11) is 1.54. The van der Waals surface area contributed by atoms with Gasteiger partial charge in [-0.25, -0.2) is 9.97 Å². The fraction of sp³-hybridized carbons (Fsp3) is 0.182. The van der Waals surface area contributed by atoms with Crippen molar-refractivity contribution in [1.29, 1.82) is 5.26 Å². The molecular formula is C22H20N6O. The third-order valence-corrected chi connectivity index (χ3v) is 4.70. The van der Waals surface area contributed by atoms with Crippen LogP contribution >= 0.6 is 0 Å². The number of nitrogens with zero attached hydrogens (tertiary/aromatic N) is 5. The monoisotopic (exact) mass is 384 g/mol. The van der Waals surface area contributed by atoms with Gasteiger partial charge in [0.2, 0.25) is 5.95 Å². The van der Waals surface area contributed by atoms with Gasteiger partial charge in [-0.15, -0.1) is 0 Å². The molecule has 7 heteroatoms. The Labute approximate surface area is 168 Å². The fourth-order valence-corrected chi connectivity index (χ4v) is 3.30.